The minimum atomic E-state index is -0.380. The van der Waals surface area contributed by atoms with E-state index in [1.54, 1.807) is 14.2 Å². The van der Waals surface area contributed by atoms with Crippen LogP contribution >= 0.6 is 11.8 Å². The molecule has 7 nitrogen and oxygen atoms in total. The number of nitrogens with zero attached hydrogens (tertiary/aromatic N) is 3. The highest BCUT2D eigenvalue weighted by Crippen LogP contribution is 2.34. The second-order valence-electron chi connectivity index (χ2n) is 5.76. The molecule has 27 heavy (non-hydrogen) atoms. The maximum Gasteiger partial charge on any atom is 0.276 e. The molecule has 8 heteroatoms. The number of methoxy groups -OCH3 is 2. The number of hydrogen-bond donors (Lipinski definition) is 1. The average molecular weight is 382 g/mol. The Hall–Kier alpha value is -3.00. The van der Waals surface area contributed by atoms with E-state index in [-0.39, 0.29) is 6.17 Å². The molecule has 0 spiro atoms. The summed E-state index contributed by atoms with van der Waals surface area (Å²) < 4.78 is 16.6. The third kappa shape index (κ3) is 3.23. The fourth-order valence-electron chi connectivity index (χ4n) is 2.92. The van der Waals surface area contributed by atoms with Gasteiger partial charge in [-0.15, -0.1) is 10.2 Å². The summed E-state index contributed by atoms with van der Waals surface area (Å²) in [5.74, 6) is 1.74. The largest absolute Gasteiger partial charge is 0.493 e. The first-order chi connectivity index (χ1) is 13.2. The van der Waals surface area contributed by atoms with Crippen molar-refractivity contribution < 1.29 is 14.2 Å². The Labute approximate surface area is 161 Å². The minimum Gasteiger partial charge on any atom is -0.493 e. The van der Waals surface area contributed by atoms with Gasteiger partial charge in [0.05, 0.1) is 14.2 Å². The number of benzene rings is 2. The monoisotopic (exact) mass is 382 g/mol. The predicted molar refractivity (Wildman–Crippen MR) is 108 cm³/mol. The third-order valence-corrected chi connectivity index (χ3v) is 4.75. The second kappa shape index (κ2) is 7.32. The van der Waals surface area contributed by atoms with Crippen molar-refractivity contribution in [2.75, 3.05) is 25.8 Å². The molecule has 4 rings (SSSR count). The Morgan fingerprint density at radius 3 is 2.63 bits per heavy atom. The number of aliphatic imine (C=N–C) groups is 1. The minimum absolute atomic E-state index is 0.380. The maximum absolute atomic E-state index is 5.87. The lowest BCUT2D eigenvalue weighted by molar-refractivity contribution is 0.354. The van der Waals surface area contributed by atoms with Gasteiger partial charge in [0, 0.05) is 16.8 Å². The summed E-state index contributed by atoms with van der Waals surface area (Å²) in [7, 11) is 3.22. The molecule has 2 aliphatic rings. The lowest BCUT2D eigenvalue weighted by Gasteiger charge is -2.17. The molecule has 1 atom stereocenters. The van der Waals surface area contributed by atoms with Crippen molar-refractivity contribution in [3.8, 4) is 11.5 Å². The highest BCUT2D eigenvalue weighted by Gasteiger charge is 2.28. The van der Waals surface area contributed by atoms with Crippen LogP contribution in [0.25, 0.3) is 0 Å². The topological polar surface area (TPSA) is 76.8 Å². The molecule has 1 N–H and O–H groups in total. The first-order valence-corrected chi connectivity index (χ1v) is 9.49. The van der Waals surface area contributed by atoms with Gasteiger partial charge in [0.2, 0.25) is 5.90 Å². The van der Waals surface area contributed by atoms with E-state index in [1.807, 2.05) is 48.7 Å². The van der Waals surface area contributed by atoms with Crippen molar-refractivity contribution in [3.05, 3.63) is 53.6 Å². The summed E-state index contributed by atoms with van der Waals surface area (Å²) in [5.41, 5.74) is 3.32. The predicted octanol–water partition coefficient (Wildman–Crippen LogP) is 3.68. The van der Waals surface area contributed by atoms with Crippen molar-refractivity contribution in [3.63, 3.8) is 0 Å². The quantitative estimate of drug-likeness (QED) is 0.876. The van der Waals surface area contributed by atoms with E-state index in [1.165, 1.54) is 11.8 Å². The van der Waals surface area contributed by atoms with Gasteiger partial charge in [-0.05, 0) is 24.5 Å². The van der Waals surface area contributed by atoms with E-state index >= 15 is 0 Å². The van der Waals surface area contributed by atoms with Crippen LogP contribution in [-0.2, 0) is 4.74 Å². The Morgan fingerprint density at radius 1 is 1.04 bits per heavy atom. The lowest BCUT2D eigenvalue weighted by Crippen LogP contribution is -2.24. The molecule has 138 valence electrons. The molecule has 0 saturated carbocycles. The van der Waals surface area contributed by atoms with Crippen LogP contribution in [0.15, 0.2) is 57.7 Å². The first-order valence-electron chi connectivity index (χ1n) is 8.27. The summed E-state index contributed by atoms with van der Waals surface area (Å²) in [6, 6.07) is 13.6. The number of nitrogens with one attached hydrogen (secondary N) is 1. The molecule has 2 aromatic rings. The fraction of sp³-hybridized carbons (Fsp3) is 0.211. The first kappa shape index (κ1) is 17.4. The highest BCUT2D eigenvalue weighted by molar-refractivity contribution is 8.13. The van der Waals surface area contributed by atoms with Crippen molar-refractivity contribution >= 4 is 34.3 Å². The van der Waals surface area contributed by atoms with E-state index in [0.717, 1.165) is 16.8 Å². The summed E-state index contributed by atoms with van der Waals surface area (Å²) in [5, 5.41) is 12.4. The summed E-state index contributed by atoms with van der Waals surface area (Å²) in [6.07, 6.45) is 1.50. The zero-order valence-corrected chi connectivity index (χ0v) is 15.9. The zero-order chi connectivity index (χ0) is 18.8. The molecule has 0 fully saturated rings. The average Bonchev–Trinajstić information content (AvgIpc) is 2.89. The van der Waals surface area contributed by atoms with Crippen LogP contribution in [0.4, 0.5) is 5.69 Å². The number of fused-ring (bicyclic) bond motifs is 3. The zero-order valence-electron chi connectivity index (χ0n) is 15.1. The molecule has 0 amide bonds. The SMILES string of the molecule is COc1ccc(C2N=C3OC(SC)=NN=C3c3ccccc3N2)cc1OC. The molecule has 2 aromatic carbocycles. The number of anilines is 1. The van der Waals surface area contributed by atoms with Crippen molar-refractivity contribution in [1.82, 2.24) is 0 Å². The molecule has 0 radical (unpaired) electrons. The van der Waals surface area contributed by atoms with Gasteiger partial charge in [0.1, 0.15) is 6.17 Å². The van der Waals surface area contributed by atoms with E-state index in [9.17, 15) is 0 Å². The van der Waals surface area contributed by atoms with Crippen LogP contribution < -0.4 is 14.8 Å². The van der Waals surface area contributed by atoms with Crippen LogP contribution in [0.3, 0.4) is 0 Å². The van der Waals surface area contributed by atoms with E-state index in [0.29, 0.717) is 28.3 Å². The van der Waals surface area contributed by atoms with E-state index in [2.05, 4.69) is 15.5 Å². The summed E-state index contributed by atoms with van der Waals surface area (Å²) in [6.45, 7) is 0. The van der Waals surface area contributed by atoms with Gasteiger partial charge in [0.25, 0.3) is 5.23 Å². The van der Waals surface area contributed by atoms with Crippen molar-refractivity contribution in [2.24, 2.45) is 15.2 Å². The van der Waals surface area contributed by atoms with Gasteiger partial charge in [-0.1, -0.05) is 36.0 Å². The van der Waals surface area contributed by atoms with Crippen LogP contribution in [0.2, 0.25) is 0 Å². The fourth-order valence-corrected chi connectivity index (χ4v) is 3.20. The Kier molecular flexibility index (Phi) is 4.72. The summed E-state index contributed by atoms with van der Waals surface area (Å²) >= 11 is 1.38. The molecule has 0 aliphatic carbocycles. The third-order valence-electron chi connectivity index (χ3n) is 4.24. The Morgan fingerprint density at radius 2 is 1.85 bits per heavy atom. The van der Waals surface area contributed by atoms with Gasteiger partial charge in [-0.25, -0.2) is 4.99 Å². The van der Waals surface area contributed by atoms with Crippen LogP contribution in [0.1, 0.15) is 17.3 Å². The van der Waals surface area contributed by atoms with Gasteiger partial charge in [-0.2, -0.15) is 0 Å². The van der Waals surface area contributed by atoms with Gasteiger partial charge in [0.15, 0.2) is 17.2 Å². The van der Waals surface area contributed by atoms with Gasteiger partial charge >= 0.3 is 0 Å². The van der Waals surface area contributed by atoms with E-state index < -0.39 is 0 Å². The lowest BCUT2D eigenvalue weighted by atomic mass is 10.1. The van der Waals surface area contributed by atoms with Gasteiger partial charge in [-0.3, -0.25) is 0 Å². The smallest absolute Gasteiger partial charge is 0.276 e. The van der Waals surface area contributed by atoms with Crippen molar-refractivity contribution in [2.45, 2.75) is 6.17 Å². The normalized spacial score (nSPS) is 17.7. The number of hydrogen-bond acceptors (Lipinski definition) is 8. The van der Waals surface area contributed by atoms with Crippen molar-refractivity contribution in [1.29, 1.82) is 0 Å². The molecule has 0 saturated heterocycles. The Balaban J connectivity index is 1.82. The van der Waals surface area contributed by atoms with Crippen LogP contribution in [0, 0.1) is 0 Å². The standard InChI is InChI=1S/C19H18N4O3S/c1-24-14-9-8-11(10-15(14)25-2)17-20-13-7-5-4-6-12(13)16-18(21-17)26-19(27-3)23-22-16/h4-10,17,20H,1-3H3. The molecule has 1 unspecified atom stereocenters. The number of ether oxygens (including phenoxy) is 3. The molecule has 0 aromatic heterocycles. The number of thioether (sulfide) groups is 1. The Bertz CT molecular complexity index is 971. The van der Waals surface area contributed by atoms with E-state index in [4.69, 9.17) is 19.2 Å². The van der Waals surface area contributed by atoms with Crippen LogP contribution in [-0.4, -0.2) is 37.3 Å². The maximum atomic E-state index is 5.87. The van der Waals surface area contributed by atoms with Crippen LogP contribution in [0.5, 0.6) is 11.5 Å². The number of para-hydroxylation sites is 1. The second-order valence-corrected chi connectivity index (χ2v) is 6.52. The molecule has 2 heterocycles. The molecular formula is C19H18N4O3S. The molecule has 2 aliphatic heterocycles. The highest BCUT2D eigenvalue weighted by atomic mass is 32.2. The number of rotatable bonds is 3. The summed E-state index contributed by atoms with van der Waals surface area (Å²) in [4.78, 5) is 4.77. The van der Waals surface area contributed by atoms with Gasteiger partial charge < -0.3 is 19.5 Å². The molecular weight excluding hydrogens is 364 g/mol. The molecule has 0 bridgehead atoms.